The average molecular weight is 395 g/mol. The molecule has 1 fully saturated rings. The predicted molar refractivity (Wildman–Crippen MR) is 123 cm³/mol. The molecular formula is C25H34N2O2. The smallest absolute Gasteiger partial charge is 0.335 e. The van der Waals surface area contributed by atoms with E-state index in [1.165, 1.54) is 16.7 Å². The standard InChI is InChI=1S/C23H28N2O2.C2H6/c1-4-6-21-16(2)7-5-8-22(21)17(3)24-19-13-14-25(15-19)20-11-9-18(10-12-20)23(26)27;1-2/h4-12,17,19,24H,13-15H2,1-3H3,(H,26,27);1-2H3/b6-4-;/t17-,19+;/m1./s1. The molecule has 0 radical (unpaired) electrons. The van der Waals surface area contributed by atoms with Crippen molar-refractivity contribution in [2.45, 2.75) is 53.1 Å². The summed E-state index contributed by atoms with van der Waals surface area (Å²) in [5, 5.41) is 12.8. The number of carboxylic acids is 1. The molecule has 0 unspecified atom stereocenters. The van der Waals surface area contributed by atoms with Crippen LogP contribution in [0, 0.1) is 6.92 Å². The lowest BCUT2D eigenvalue weighted by Crippen LogP contribution is -2.34. The zero-order valence-corrected chi connectivity index (χ0v) is 18.3. The third-order valence-corrected chi connectivity index (χ3v) is 5.31. The van der Waals surface area contributed by atoms with Crippen molar-refractivity contribution in [2.24, 2.45) is 0 Å². The van der Waals surface area contributed by atoms with Crippen LogP contribution in [-0.4, -0.2) is 30.2 Å². The van der Waals surface area contributed by atoms with Crippen molar-refractivity contribution < 1.29 is 9.90 Å². The summed E-state index contributed by atoms with van der Waals surface area (Å²) in [5.41, 5.74) is 5.35. The van der Waals surface area contributed by atoms with Crippen molar-refractivity contribution in [2.75, 3.05) is 18.0 Å². The summed E-state index contributed by atoms with van der Waals surface area (Å²) in [6, 6.07) is 14.3. The van der Waals surface area contributed by atoms with Gasteiger partial charge in [-0.1, -0.05) is 44.2 Å². The highest BCUT2D eigenvalue weighted by molar-refractivity contribution is 5.88. The van der Waals surface area contributed by atoms with E-state index < -0.39 is 5.97 Å². The Bertz CT molecular complexity index is 827. The van der Waals surface area contributed by atoms with Crippen LogP contribution in [-0.2, 0) is 0 Å². The van der Waals surface area contributed by atoms with Crippen molar-refractivity contribution in [3.63, 3.8) is 0 Å². The first-order valence-electron chi connectivity index (χ1n) is 10.6. The zero-order chi connectivity index (χ0) is 21.4. The number of carboxylic acid groups (broad SMARTS) is 1. The van der Waals surface area contributed by atoms with Crippen molar-refractivity contribution in [1.82, 2.24) is 5.32 Å². The number of hydrogen-bond acceptors (Lipinski definition) is 3. The van der Waals surface area contributed by atoms with Crippen LogP contribution in [0.1, 0.15) is 67.2 Å². The van der Waals surface area contributed by atoms with Crippen LogP contribution in [0.5, 0.6) is 0 Å². The van der Waals surface area contributed by atoms with Gasteiger partial charge >= 0.3 is 5.97 Å². The largest absolute Gasteiger partial charge is 0.478 e. The topological polar surface area (TPSA) is 52.6 Å². The fourth-order valence-corrected chi connectivity index (χ4v) is 3.86. The number of nitrogens with one attached hydrogen (secondary N) is 1. The van der Waals surface area contributed by atoms with Crippen LogP contribution in [0.15, 0.2) is 48.5 Å². The number of allylic oxidation sites excluding steroid dienone is 1. The second-order valence-corrected chi connectivity index (χ2v) is 7.25. The van der Waals surface area contributed by atoms with Crippen LogP contribution in [0.4, 0.5) is 5.69 Å². The Balaban J connectivity index is 0.00000145. The quantitative estimate of drug-likeness (QED) is 0.662. The summed E-state index contributed by atoms with van der Waals surface area (Å²) in [6.45, 7) is 12.3. The van der Waals surface area contributed by atoms with E-state index in [9.17, 15) is 4.79 Å². The number of hydrogen-bond donors (Lipinski definition) is 2. The Morgan fingerprint density at radius 2 is 1.90 bits per heavy atom. The molecule has 1 aliphatic rings. The molecule has 1 heterocycles. The number of benzene rings is 2. The second kappa shape index (κ2) is 10.8. The maximum absolute atomic E-state index is 11.0. The molecule has 0 aromatic heterocycles. The summed E-state index contributed by atoms with van der Waals surface area (Å²) in [4.78, 5) is 13.3. The van der Waals surface area contributed by atoms with E-state index in [1.54, 1.807) is 12.1 Å². The Morgan fingerprint density at radius 1 is 1.21 bits per heavy atom. The summed E-state index contributed by atoms with van der Waals surface area (Å²) >= 11 is 0. The minimum atomic E-state index is -0.883. The molecule has 1 saturated heterocycles. The van der Waals surface area contributed by atoms with E-state index in [2.05, 4.69) is 61.3 Å². The molecule has 1 aliphatic heterocycles. The first kappa shape index (κ1) is 22.7. The Kier molecular flexibility index (Phi) is 8.47. The molecule has 2 atom stereocenters. The van der Waals surface area contributed by atoms with Gasteiger partial charge in [0, 0.05) is 30.9 Å². The fourth-order valence-electron chi connectivity index (χ4n) is 3.86. The molecule has 29 heavy (non-hydrogen) atoms. The van der Waals surface area contributed by atoms with E-state index >= 15 is 0 Å². The van der Waals surface area contributed by atoms with Crippen LogP contribution in [0.2, 0.25) is 0 Å². The monoisotopic (exact) mass is 394 g/mol. The van der Waals surface area contributed by atoms with Crippen molar-refractivity contribution in [3.8, 4) is 0 Å². The molecule has 0 spiro atoms. The van der Waals surface area contributed by atoms with Gasteiger partial charge in [-0.25, -0.2) is 4.79 Å². The molecule has 4 heteroatoms. The van der Waals surface area contributed by atoms with Gasteiger partial charge in [0.15, 0.2) is 0 Å². The summed E-state index contributed by atoms with van der Waals surface area (Å²) in [7, 11) is 0. The highest BCUT2D eigenvalue weighted by Gasteiger charge is 2.25. The van der Waals surface area contributed by atoms with Gasteiger partial charge in [-0.05, 0) is 68.1 Å². The highest BCUT2D eigenvalue weighted by atomic mass is 16.4. The zero-order valence-electron chi connectivity index (χ0n) is 18.3. The molecule has 4 nitrogen and oxygen atoms in total. The lowest BCUT2D eigenvalue weighted by Gasteiger charge is -2.23. The Labute approximate surface area is 175 Å². The molecule has 0 bridgehead atoms. The van der Waals surface area contributed by atoms with E-state index in [1.807, 2.05) is 26.0 Å². The third kappa shape index (κ3) is 5.70. The average Bonchev–Trinajstić information content (AvgIpc) is 3.19. The van der Waals surface area contributed by atoms with Gasteiger partial charge < -0.3 is 15.3 Å². The predicted octanol–water partition coefficient (Wildman–Crippen LogP) is 5.68. The molecule has 0 saturated carbocycles. The van der Waals surface area contributed by atoms with E-state index in [0.717, 1.165) is 25.2 Å². The first-order chi connectivity index (χ1) is 14.0. The molecular weight excluding hydrogens is 360 g/mol. The van der Waals surface area contributed by atoms with Crippen LogP contribution in [0.3, 0.4) is 0 Å². The van der Waals surface area contributed by atoms with Gasteiger partial charge in [0.25, 0.3) is 0 Å². The minimum Gasteiger partial charge on any atom is -0.478 e. The molecule has 2 aromatic rings. The van der Waals surface area contributed by atoms with Gasteiger partial charge in [0.05, 0.1) is 5.56 Å². The van der Waals surface area contributed by atoms with Gasteiger partial charge in [-0.15, -0.1) is 0 Å². The number of anilines is 1. The van der Waals surface area contributed by atoms with Crippen LogP contribution >= 0.6 is 0 Å². The number of rotatable bonds is 6. The van der Waals surface area contributed by atoms with Gasteiger partial charge in [0.2, 0.25) is 0 Å². The Morgan fingerprint density at radius 3 is 2.52 bits per heavy atom. The minimum absolute atomic E-state index is 0.274. The molecule has 156 valence electrons. The number of carbonyl (C=O) groups is 1. The highest BCUT2D eigenvalue weighted by Crippen LogP contribution is 2.26. The molecule has 2 aromatic carbocycles. The fraction of sp³-hybridized carbons (Fsp3) is 0.400. The van der Waals surface area contributed by atoms with Gasteiger partial charge in [0.1, 0.15) is 0 Å². The van der Waals surface area contributed by atoms with E-state index in [4.69, 9.17) is 5.11 Å². The maximum atomic E-state index is 11.0. The normalized spacial score (nSPS) is 17.1. The van der Waals surface area contributed by atoms with Crippen molar-refractivity contribution in [3.05, 3.63) is 70.8 Å². The Hall–Kier alpha value is -2.59. The lowest BCUT2D eigenvalue weighted by molar-refractivity contribution is 0.0697. The number of aryl methyl sites for hydroxylation is 1. The summed E-state index contributed by atoms with van der Waals surface area (Å²) in [6.07, 6.45) is 5.36. The molecule has 0 aliphatic carbocycles. The maximum Gasteiger partial charge on any atom is 0.335 e. The molecule has 3 rings (SSSR count). The molecule has 2 N–H and O–H groups in total. The van der Waals surface area contributed by atoms with E-state index in [-0.39, 0.29) is 6.04 Å². The van der Waals surface area contributed by atoms with E-state index in [0.29, 0.717) is 11.6 Å². The SMILES string of the molecule is C/C=C\c1c(C)cccc1[C@@H](C)N[C@H]1CCN(c2ccc(C(=O)O)cc2)C1.CC. The van der Waals surface area contributed by atoms with Crippen molar-refractivity contribution in [1.29, 1.82) is 0 Å². The first-order valence-corrected chi connectivity index (χ1v) is 10.6. The lowest BCUT2D eigenvalue weighted by atomic mass is 9.96. The number of aromatic carboxylic acids is 1. The summed E-state index contributed by atoms with van der Waals surface area (Å²) in [5.74, 6) is -0.883. The van der Waals surface area contributed by atoms with Crippen LogP contribution < -0.4 is 10.2 Å². The van der Waals surface area contributed by atoms with Gasteiger partial charge in [-0.3, -0.25) is 0 Å². The summed E-state index contributed by atoms with van der Waals surface area (Å²) < 4.78 is 0. The third-order valence-electron chi connectivity index (χ3n) is 5.31. The van der Waals surface area contributed by atoms with Crippen LogP contribution in [0.25, 0.3) is 6.08 Å². The van der Waals surface area contributed by atoms with Gasteiger partial charge in [-0.2, -0.15) is 0 Å². The van der Waals surface area contributed by atoms with Crippen molar-refractivity contribution >= 4 is 17.7 Å². The second-order valence-electron chi connectivity index (χ2n) is 7.25. The number of nitrogens with zero attached hydrogens (tertiary/aromatic N) is 1. The molecule has 0 amide bonds.